The highest BCUT2D eigenvalue weighted by atomic mass is 35.5. The molecular weight excluding hydrogens is 743 g/mol. The number of pyridine rings is 1. The molecule has 3 atom stereocenters. The Morgan fingerprint density at radius 2 is 1.71 bits per heavy atom. The molecule has 292 valence electrons. The Hall–Kier alpha value is -5.03. The second-order valence-corrected chi connectivity index (χ2v) is 13.6. The molecule has 0 bridgehead atoms. The highest BCUT2D eigenvalue weighted by Crippen LogP contribution is 2.44. The zero-order valence-corrected chi connectivity index (χ0v) is 31.1. The van der Waals surface area contributed by atoms with Crippen LogP contribution in [0.5, 0.6) is 11.8 Å². The summed E-state index contributed by atoms with van der Waals surface area (Å²) in [5.74, 6) is -1.43. The number of aromatic nitrogens is 3. The molecule has 0 spiro atoms. The minimum Gasteiger partial charge on any atom is -0.481 e. The van der Waals surface area contributed by atoms with E-state index >= 15 is 0 Å². The maximum atomic E-state index is 14.4. The molecule has 1 fully saturated rings. The number of carboxylic acids is 1. The zero-order valence-electron chi connectivity index (χ0n) is 30.3. The monoisotopic (exact) mass is 783 g/mol. The number of carboxylic acid groups (broad SMARTS) is 1. The summed E-state index contributed by atoms with van der Waals surface area (Å²) in [5, 5.41) is 21.8. The molecule has 2 aromatic carbocycles. The van der Waals surface area contributed by atoms with Gasteiger partial charge in [-0.1, -0.05) is 54.1 Å². The van der Waals surface area contributed by atoms with Gasteiger partial charge in [-0.05, 0) is 42.0 Å². The van der Waals surface area contributed by atoms with E-state index in [1.165, 1.54) is 14.2 Å². The van der Waals surface area contributed by atoms with Crippen molar-refractivity contribution in [3.63, 3.8) is 0 Å². The summed E-state index contributed by atoms with van der Waals surface area (Å²) in [6, 6.07) is 13.4. The van der Waals surface area contributed by atoms with E-state index in [2.05, 4.69) is 31.2 Å². The summed E-state index contributed by atoms with van der Waals surface area (Å²) >= 11 is 7.10. The Balaban J connectivity index is 1.24. The minimum absolute atomic E-state index is 0.0620. The molecule has 3 heterocycles. The van der Waals surface area contributed by atoms with Crippen LogP contribution < -0.4 is 30.7 Å². The zero-order chi connectivity index (χ0) is 39.3. The molecule has 17 heteroatoms. The number of ether oxygens (including phenoxy) is 3. The van der Waals surface area contributed by atoms with Crippen molar-refractivity contribution in [1.29, 1.82) is 0 Å². The number of rotatable bonds is 16. The Morgan fingerprint density at radius 3 is 2.40 bits per heavy atom. The summed E-state index contributed by atoms with van der Waals surface area (Å²) in [5.41, 5.74) is 3.96. The largest absolute Gasteiger partial charge is 0.481 e. The first-order chi connectivity index (χ1) is 26.4. The summed E-state index contributed by atoms with van der Waals surface area (Å²) in [6.07, 6.45) is -2.54. The van der Waals surface area contributed by atoms with Gasteiger partial charge in [0.2, 0.25) is 17.7 Å². The summed E-state index contributed by atoms with van der Waals surface area (Å²) in [6.45, 7) is 0.552. The second-order valence-electron chi connectivity index (χ2n) is 13.2. The topological polar surface area (TPSA) is 169 Å². The van der Waals surface area contributed by atoms with E-state index in [0.717, 1.165) is 34.2 Å². The lowest BCUT2D eigenvalue weighted by atomic mass is 9.94. The summed E-state index contributed by atoms with van der Waals surface area (Å²) in [4.78, 5) is 35.8. The van der Waals surface area contributed by atoms with Gasteiger partial charge in [0.25, 0.3) is 0 Å². The molecule has 2 aliphatic rings. The second kappa shape index (κ2) is 17.2. The number of alkyl halides is 3. The van der Waals surface area contributed by atoms with Crippen LogP contribution in [0, 0.1) is 0 Å². The highest BCUT2D eigenvalue weighted by Gasteiger charge is 2.39. The Labute approximate surface area is 320 Å². The average Bonchev–Trinajstić information content (AvgIpc) is 3.78. The van der Waals surface area contributed by atoms with Crippen LogP contribution in [0.3, 0.4) is 0 Å². The molecule has 6 rings (SSSR count). The van der Waals surface area contributed by atoms with E-state index in [-0.39, 0.29) is 36.7 Å². The molecule has 1 amide bonds. The molecule has 0 unspecified atom stereocenters. The number of aliphatic carboxylic acids is 1. The summed E-state index contributed by atoms with van der Waals surface area (Å²) in [7, 11) is 4.11. The fraction of sp³-hybridized carbons (Fsp3) is 0.395. The predicted octanol–water partition coefficient (Wildman–Crippen LogP) is 5.55. The van der Waals surface area contributed by atoms with E-state index < -0.39 is 35.7 Å². The lowest BCUT2D eigenvalue weighted by Crippen LogP contribution is -2.40. The Bertz CT molecular complexity index is 2050. The van der Waals surface area contributed by atoms with Crippen molar-refractivity contribution in [1.82, 2.24) is 30.9 Å². The van der Waals surface area contributed by atoms with Crippen molar-refractivity contribution in [3.8, 4) is 34.1 Å². The number of carbonyl (C=O) groups excluding carboxylic acids is 1. The first-order valence-corrected chi connectivity index (χ1v) is 18.0. The van der Waals surface area contributed by atoms with E-state index in [9.17, 15) is 27.9 Å². The van der Waals surface area contributed by atoms with Gasteiger partial charge < -0.3 is 35.3 Å². The molecule has 1 aliphatic carbocycles. The van der Waals surface area contributed by atoms with Gasteiger partial charge in [-0.25, -0.2) is 9.97 Å². The molecule has 1 aliphatic heterocycles. The number of anilines is 1. The normalized spacial score (nSPS) is 17.1. The van der Waals surface area contributed by atoms with E-state index in [0.29, 0.717) is 54.5 Å². The first-order valence-electron chi connectivity index (χ1n) is 17.6. The standard InChI is InChI=1S/C38H41ClF3N7O6/c1-53-19-30(37(51)52)44-18-29-36(55-3)49-34(33(46-29)38(40,41)42)47-27-14-12-23-22(6-4-7-24(23)27)25-8-5-9-26(32(25)39)28-13-10-20(35(48-28)54-2)16-43-17-21-11-15-31(50)45-21/h4-10,13,21,27,30,43-44H,11-12,14-19H2,1-3H3,(H,45,50)(H,47,49)(H,51,52)/t21-,27-,30-/m0/s1. The number of amides is 1. The number of halogens is 4. The fourth-order valence-corrected chi connectivity index (χ4v) is 7.26. The van der Waals surface area contributed by atoms with Crippen molar-refractivity contribution in [2.24, 2.45) is 0 Å². The van der Waals surface area contributed by atoms with Crippen LogP contribution in [0.25, 0.3) is 22.4 Å². The smallest absolute Gasteiger partial charge is 0.437 e. The fourth-order valence-electron chi connectivity index (χ4n) is 6.94. The molecule has 1 saturated heterocycles. The van der Waals surface area contributed by atoms with Crippen LogP contribution in [0.15, 0.2) is 48.5 Å². The number of methoxy groups -OCH3 is 3. The van der Waals surface area contributed by atoms with Gasteiger partial charge in [0, 0.05) is 55.9 Å². The molecule has 2 aromatic heterocycles. The van der Waals surface area contributed by atoms with Crippen molar-refractivity contribution in [3.05, 3.63) is 81.6 Å². The van der Waals surface area contributed by atoms with Gasteiger partial charge in [-0.2, -0.15) is 18.2 Å². The van der Waals surface area contributed by atoms with Crippen LogP contribution in [-0.4, -0.2) is 78.5 Å². The van der Waals surface area contributed by atoms with Crippen LogP contribution in [0.2, 0.25) is 5.02 Å². The number of nitrogens with zero attached hydrogens (tertiary/aromatic N) is 3. The number of carbonyl (C=O) groups is 2. The maximum Gasteiger partial charge on any atom is 0.437 e. The van der Waals surface area contributed by atoms with E-state index in [1.54, 1.807) is 7.11 Å². The van der Waals surface area contributed by atoms with Crippen molar-refractivity contribution >= 4 is 29.3 Å². The lowest BCUT2D eigenvalue weighted by molar-refractivity contribution is -0.142. The van der Waals surface area contributed by atoms with Gasteiger partial charge >= 0.3 is 12.1 Å². The predicted molar refractivity (Wildman–Crippen MR) is 198 cm³/mol. The quantitative estimate of drug-likeness (QED) is 0.0963. The Morgan fingerprint density at radius 1 is 0.964 bits per heavy atom. The van der Waals surface area contributed by atoms with Crippen molar-refractivity contribution in [2.75, 3.05) is 39.8 Å². The number of nitrogens with one attached hydrogen (secondary N) is 4. The van der Waals surface area contributed by atoms with Crippen molar-refractivity contribution < 1.29 is 42.1 Å². The number of benzene rings is 2. The molecule has 0 saturated carbocycles. The van der Waals surface area contributed by atoms with Crippen LogP contribution in [0.4, 0.5) is 19.0 Å². The number of fused-ring (bicyclic) bond motifs is 1. The minimum atomic E-state index is -4.88. The number of hydrogen-bond donors (Lipinski definition) is 5. The summed E-state index contributed by atoms with van der Waals surface area (Å²) < 4.78 is 59.1. The van der Waals surface area contributed by atoms with Gasteiger partial charge in [-0.3, -0.25) is 14.9 Å². The van der Waals surface area contributed by atoms with Crippen LogP contribution >= 0.6 is 11.6 Å². The van der Waals surface area contributed by atoms with Crippen molar-refractivity contribution in [2.45, 2.75) is 63.1 Å². The molecular formula is C38H41ClF3N7O6. The third kappa shape index (κ3) is 8.93. The van der Waals surface area contributed by atoms with Gasteiger partial charge in [0.15, 0.2) is 11.5 Å². The molecule has 55 heavy (non-hydrogen) atoms. The van der Waals surface area contributed by atoms with Gasteiger partial charge in [0.1, 0.15) is 11.7 Å². The van der Waals surface area contributed by atoms with Gasteiger partial charge in [0.05, 0.1) is 37.6 Å². The highest BCUT2D eigenvalue weighted by molar-refractivity contribution is 6.36. The maximum absolute atomic E-state index is 14.4. The van der Waals surface area contributed by atoms with E-state index in [1.807, 2.05) is 48.5 Å². The lowest BCUT2D eigenvalue weighted by Gasteiger charge is -2.21. The third-order valence-corrected chi connectivity index (χ3v) is 10.0. The first kappa shape index (κ1) is 39.7. The SMILES string of the molecule is COC[C@H](NCc1nc(C(F)(F)F)c(N[C@H]2CCc3c(-c4cccc(-c5ccc(CNC[C@@H]6CCC(=O)N6)c(OC)n5)c4Cl)cccc32)nc1OC)C(=O)O. The van der Waals surface area contributed by atoms with E-state index in [4.69, 9.17) is 30.8 Å². The molecule has 4 aromatic rings. The average molecular weight is 784 g/mol. The molecule has 5 N–H and O–H groups in total. The molecule has 0 radical (unpaired) electrons. The third-order valence-electron chi connectivity index (χ3n) is 9.61. The van der Waals surface area contributed by atoms with Crippen LogP contribution in [-0.2, 0) is 40.0 Å². The Kier molecular flexibility index (Phi) is 12.4. The molecule has 13 nitrogen and oxygen atoms in total. The van der Waals surface area contributed by atoms with Crippen LogP contribution in [0.1, 0.15) is 53.4 Å². The van der Waals surface area contributed by atoms with Gasteiger partial charge in [-0.15, -0.1) is 0 Å². The number of hydrogen-bond acceptors (Lipinski definition) is 11.